The molecule has 0 saturated carbocycles. The Morgan fingerprint density at radius 2 is 2.36 bits per heavy atom. The van der Waals surface area contributed by atoms with Crippen LogP contribution in [0.3, 0.4) is 0 Å². The summed E-state index contributed by atoms with van der Waals surface area (Å²) >= 11 is 0. The van der Waals surface area contributed by atoms with Crippen LogP contribution in [0.15, 0.2) is 0 Å². The largest absolute Gasteiger partial charge is 0.380 e. The maximum Gasteiger partial charge on any atom is 0.0622 e. The van der Waals surface area contributed by atoms with Gasteiger partial charge < -0.3 is 15.4 Å². The second-order valence-corrected chi connectivity index (χ2v) is 4.30. The summed E-state index contributed by atoms with van der Waals surface area (Å²) in [5.74, 6) is 0.694. The highest BCUT2D eigenvalue weighted by atomic mass is 16.5. The number of ether oxygens (including phenoxy) is 1. The van der Waals surface area contributed by atoms with Gasteiger partial charge in [0.25, 0.3) is 0 Å². The number of hydrogen-bond donors (Lipinski definition) is 1. The van der Waals surface area contributed by atoms with E-state index in [2.05, 4.69) is 18.9 Å². The summed E-state index contributed by atoms with van der Waals surface area (Å²) in [7, 11) is 2.20. The molecule has 3 nitrogen and oxygen atoms in total. The molecular formula is C11H24N2O. The molecule has 2 atom stereocenters. The second-order valence-electron chi connectivity index (χ2n) is 4.30. The minimum Gasteiger partial charge on any atom is -0.380 e. The van der Waals surface area contributed by atoms with Crippen LogP contribution < -0.4 is 5.73 Å². The van der Waals surface area contributed by atoms with Gasteiger partial charge in [-0.3, -0.25) is 0 Å². The zero-order chi connectivity index (χ0) is 10.4. The lowest BCUT2D eigenvalue weighted by Gasteiger charge is -2.24. The van der Waals surface area contributed by atoms with E-state index in [4.69, 9.17) is 10.5 Å². The fraction of sp³-hybridized carbons (Fsp3) is 1.00. The van der Waals surface area contributed by atoms with Crippen molar-refractivity contribution in [2.75, 3.05) is 33.4 Å². The first-order valence-electron chi connectivity index (χ1n) is 5.76. The first-order chi connectivity index (χ1) is 6.77. The molecule has 1 aliphatic rings. The Morgan fingerprint density at radius 3 is 2.86 bits per heavy atom. The number of nitrogens with two attached hydrogens (primary N) is 1. The van der Waals surface area contributed by atoms with Crippen LogP contribution in [0.4, 0.5) is 0 Å². The van der Waals surface area contributed by atoms with Crippen molar-refractivity contribution in [3.63, 3.8) is 0 Å². The van der Waals surface area contributed by atoms with Crippen molar-refractivity contribution in [1.82, 2.24) is 4.90 Å². The molecule has 0 bridgehead atoms. The van der Waals surface area contributed by atoms with Crippen LogP contribution in [-0.4, -0.2) is 44.3 Å². The third-order valence-electron chi connectivity index (χ3n) is 3.33. The first-order valence-corrected chi connectivity index (χ1v) is 5.76. The van der Waals surface area contributed by atoms with Crippen molar-refractivity contribution in [2.24, 2.45) is 11.7 Å². The summed E-state index contributed by atoms with van der Waals surface area (Å²) in [6.07, 6.45) is 3.61. The average molecular weight is 200 g/mol. The summed E-state index contributed by atoms with van der Waals surface area (Å²) in [6, 6.07) is 0.644. The van der Waals surface area contributed by atoms with Gasteiger partial charge in [-0.15, -0.1) is 0 Å². The molecule has 0 amide bonds. The van der Waals surface area contributed by atoms with Crippen molar-refractivity contribution >= 4 is 0 Å². The molecule has 0 aromatic carbocycles. The lowest BCUT2D eigenvalue weighted by Crippen LogP contribution is -2.34. The molecule has 1 fully saturated rings. The summed E-state index contributed by atoms with van der Waals surface area (Å²) in [4.78, 5) is 2.42. The minimum absolute atomic E-state index is 0.644. The van der Waals surface area contributed by atoms with E-state index < -0.39 is 0 Å². The van der Waals surface area contributed by atoms with Crippen LogP contribution in [0.1, 0.15) is 26.2 Å². The Kier molecular flexibility index (Phi) is 5.45. The standard InChI is InChI=1S/C11H24N2O/c1-3-10(8-12)4-6-13(2)11-5-7-14-9-11/h10-11H,3-9,12H2,1-2H3. The monoisotopic (exact) mass is 200 g/mol. The molecule has 0 aromatic rings. The number of likely N-dealkylation sites (N-methyl/N-ethyl adjacent to an activating group) is 1. The molecule has 2 unspecified atom stereocenters. The highest BCUT2D eigenvalue weighted by Crippen LogP contribution is 2.13. The van der Waals surface area contributed by atoms with Crippen LogP contribution in [0.25, 0.3) is 0 Å². The van der Waals surface area contributed by atoms with E-state index in [-0.39, 0.29) is 0 Å². The van der Waals surface area contributed by atoms with E-state index in [0.29, 0.717) is 12.0 Å². The number of nitrogens with zero attached hydrogens (tertiary/aromatic N) is 1. The predicted molar refractivity (Wildman–Crippen MR) is 59.3 cm³/mol. The van der Waals surface area contributed by atoms with E-state index in [1.807, 2.05) is 0 Å². The summed E-state index contributed by atoms with van der Waals surface area (Å²) in [6.45, 7) is 6.05. The van der Waals surface area contributed by atoms with Crippen molar-refractivity contribution < 1.29 is 4.74 Å². The summed E-state index contributed by atoms with van der Waals surface area (Å²) in [5.41, 5.74) is 5.68. The molecule has 1 rings (SSSR count). The first kappa shape index (κ1) is 12.0. The van der Waals surface area contributed by atoms with Crippen LogP contribution in [0.5, 0.6) is 0 Å². The van der Waals surface area contributed by atoms with Gasteiger partial charge in [-0.25, -0.2) is 0 Å². The lowest BCUT2D eigenvalue weighted by atomic mass is 10.0. The van der Waals surface area contributed by atoms with E-state index in [9.17, 15) is 0 Å². The molecular weight excluding hydrogens is 176 g/mol. The molecule has 1 heterocycles. The van der Waals surface area contributed by atoms with Gasteiger partial charge in [-0.1, -0.05) is 13.3 Å². The minimum atomic E-state index is 0.644. The molecule has 3 heteroatoms. The fourth-order valence-corrected chi connectivity index (χ4v) is 1.93. The normalized spacial score (nSPS) is 24.4. The predicted octanol–water partition coefficient (Wildman–Crippen LogP) is 1.08. The molecule has 1 aliphatic heterocycles. The zero-order valence-electron chi connectivity index (χ0n) is 9.54. The second kappa shape index (κ2) is 6.38. The summed E-state index contributed by atoms with van der Waals surface area (Å²) < 4.78 is 5.37. The molecule has 84 valence electrons. The maximum absolute atomic E-state index is 5.68. The quantitative estimate of drug-likeness (QED) is 0.697. The molecule has 1 saturated heterocycles. The van der Waals surface area contributed by atoms with Crippen molar-refractivity contribution in [3.05, 3.63) is 0 Å². The van der Waals surface area contributed by atoms with E-state index in [1.54, 1.807) is 0 Å². The van der Waals surface area contributed by atoms with Gasteiger partial charge in [0.2, 0.25) is 0 Å². The Bertz CT molecular complexity index is 142. The molecule has 2 N–H and O–H groups in total. The van der Waals surface area contributed by atoms with E-state index >= 15 is 0 Å². The molecule has 14 heavy (non-hydrogen) atoms. The van der Waals surface area contributed by atoms with Crippen LogP contribution >= 0.6 is 0 Å². The topological polar surface area (TPSA) is 38.5 Å². The molecule has 0 aliphatic carbocycles. The van der Waals surface area contributed by atoms with Crippen molar-refractivity contribution in [2.45, 2.75) is 32.2 Å². The number of hydrogen-bond acceptors (Lipinski definition) is 3. The Balaban J connectivity index is 2.15. The van der Waals surface area contributed by atoms with Crippen LogP contribution in [-0.2, 0) is 4.74 Å². The van der Waals surface area contributed by atoms with Crippen molar-refractivity contribution in [1.29, 1.82) is 0 Å². The molecule has 0 aromatic heterocycles. The lowest BCUT2D eigenvalue weighted by molar-refractivity contribution is 0.155. The van der Waals surface area contributed by atoms with Gasteiger partial charge in [0, 0.05) is 12.6 Å². The van der Waals surface area contributed by atoms with Gasteiger partial charge in [-0.05, 0) is 38.9 Å². The van der Waals surface area contributed by atoms with E-state index in [1.165, 1.54) is 19.3 Å². The smallest absolute Gasteiger partial charge is 0.0622 e. The zero-order valence-corrected chi connectivity index (χ0v) is 9.54. The highest BCUT2D eigenvalue weighted by molar-refractivity contribution is 4.73. The molecule has 0 radical (unpaired) electrons. The Morgan fingerprint density at radius 1 is 1.57 bits per heavy atom. The Labute approximate surface area is 87.6 Å². The third kappa shape index (κ3) is 3.56. The van der Waals surface area contributed by atoms with Gasteiger partial charge in [0.15, 0.2) is 0 Å². The third-order valence-corrected chi connectivity index (χ3v) is 3.33. The van der Waals surface area contributed by atoms with E-state index in [0.717, 1.165) is 26.3 Å². The van der Waals surface area contributed by atoms with Crippen LogP contribution in [0, 0.1) is 5.92 Å². The van der Waals surface area contributed by atoms with Crippen molar-refractivity contribution in [3.8, 4) is 0 Å². The fourth-order valence-electron chi connectivity index (χ4n) is 1.93. The maximum atomic E-state index is 5.68. The van der Waals surface area contributed by atoms with Gasteiger partial charge in [-0.2, -0.15) is 0 Å². The number of rotatable bonds is 6. The summed E-state index contributed by atoms with van der Waals surface area (Å²) in [5, 5.41) is 0. The highest BCUT2D eigenvalue weighted by Gasteiger charge is 2.20. The molecule has 0 spiro atoms. The Hall–Kier alpha value is -0.120. The SMILES string of the molecule is CCC(CN)CCN(C)C1CCOC1. The average Bonchev–Trinajstić information content (AvgIpc) is 2.72. The van der Waals surface area contributed by atoms with Crippen LogP contribution in [0.2, 0.25) is 0 Å². The van der Waals surface area contributed by atoms with Gasteiger partial charge in [0.1, 0.15) is 0 Å². The van der Waals surface area contributed by atoms with Gasteiger partial charge >= 0.3 is 0 Å². The van der Waals surface area contributed by atoms with Gasteiger partial charge in [0.05, 0.1) is 6.61 Å².